The van der Waals surface area contributed by atoms with Crippen LogP contribution in [-0.2, 0) is 9.47 Å². The summed E-state index contributed by atoms with van der Waals surface area (Å²) in [5.74, 6) is 0.408. The van der Waals surface area contributed by atoms with Gasteiger partial charge in [-0.25, -0.2) is 0 Å². The van der Waals surface area contributed by atoms with Crippen molar-refractivity contribution < 1.29 is 9.47 Å². The Morgan fingerprint density at radius 2 is 1.74 bits per heavy atom. The third-order valence-corrected chi connectivity index (χ3v) is 4.31. The summed E-state index contributed by atoms with van der Waals surface area (Å²) in [6.45, 7) is 5.19. The van der Waals surface area contributed by atoms with Crippen LogP contribution in [0.15, 0.2) is 0 Å². The summed E-state index contributed by atoms with van der Waals surface area (Å²) in [5.41, 5.74) is 6.25. The van der Waals surface area contributed by atoms with E-state index in [1.807, 2.05) is 0 Å². The van der Waals surface area contributed by atoms with Crippen LogP contribution in [0.25, 0.3) is 0 Å². The van der Waals surface area contributed by atoms with Gasteiger partial charge in [0, 0.05) is 13.0 Å². The molecule has 0 aliphatic carbocycles. The maximum atomic E-state index is 6.25. The van der Waals surface area contributed by atoms with Crippen LogP contribution in [0.5, 0.6) is 0 Å². The van der Waals surface area contributed by atoms with Crippen LogP contribution >= 0.6 is 0 Å². The topological polar surface area (TPSA) is 44.5 Å². The Labute approximate surface area is 119 Å². The highest BCUT2D eigenvalue weighted by atomic mass is 16.5. The van der Waals surface area contributed by atoms with Gasteiger partial charge in [-0.1, -0.05) is 58.8 Å². The zero-order valence-corrected chi connectivity index (χ0v) is 13.1. The number of hydrogen-bond acceptors (Lipinski definition) is 3. The zero-order chi connectivity index (χ0) is 14.1. The van der Waals surface area contributed by atoms with Gasteiger partial charge in [0.25, 0.3) is 0 Å². The van der Waals surface area contributed by atoms with Gasteiger partial charge in [0.05, 0.1) is 24.9 Å². The molecule has 0 amide bonds. The molecule has 0 aromatic rings. The van der Waals surface area contributed by atoms with E-state index in [2.05, 4.69) is 13.8 Å². The van der Waals surface area contributed by atoms with E-state index < -0.39 is 0 Å². The maximum absolute atomic E-state index is 6.25. The summed E-state index contributed by atoms with van der Waals surface area (Å²) >= 11 is 0. The molecule has 2 N–H and O–H groups in total. The van der Waals surface area contributed by atoms with Crippen molar-refractivity contribution in [3.8, 4) is 0 Å². The van der Waals surface area contributed by atoms with Crippen molar-refractivity contribution >= 4 is 0 Å². The molecule has 0 radical (unpaired) electrons. The number of unbranched alkanes of at least 4 members (excludes halogenated alkanes) is 6. The highest BCUT2D eigenvalue weighted by molar-refractivity contribution is 4.89. The SMILES string of the molecule is CCCCCCCCC[C@@H]1OC[C@@H](C)[C@H](OC)[C@H]1N. The molecule has 0 bridgehead atoms. The van der Waals surface area contributed by atoms with Crippen molar-refractivity contribution in [3.63, 3.8) is 0 Å². The minimum absolute atomic E-state index is 0.0360. The molecule has 4 atom stereocenters. The first kappa shape index (κ1) is 16.9. The summed E-state index contributed by atoms with van der Waals surface area (Å²) < 4.78 is 11.4. The number of rotatable bonds is 9. The Morgan fingerprint density at radius 3 is 2.37 bits per heavy atom. The predicted octanol–water partition coefficient (Wildman–Crippen LogP) is 3.50. The normalized spacial score (nSPS) is 31.6. The molecule has 0 spiro atoms. The molecule has 1 aliphatic rings. The molecule has 0 unspecified atom stereocenters. The van der Waals surface area contributed by atoms with Crippen molar-refractivity contribution in [3.05, 3.63) is 0 Å². The van der Waals surface area contributed by atoms with Gasteiger partial charge in [-0.05, 0) is 6.42 Å². The van der Waals surface area contributed by atoms with E-state index in [4.69, 9.17) is 15.2 Å². The number of nitrogens with two attached hydrogens (primary N) is 1. The monoisotopic (exact) mass is 271 g/mol. The average molecular weight is 271 g/mol. The van der Waals surface area contributed by atoms with Crippen molar-refractivity contribution in [1.29, 1.82) is 0 Å². The predicted molar refractivity (Wildman–Crippen MR) is 80.3 cm³/mol. The smallest absolute Gasteiger partial charge is 0.0794 e. The molecule has 1 rings (SSSR count). The lowest BCUT2D eigenvalue weighted by atomic mass is 9.89. The van der Waals surface area contributed by atoms with Gasteiger partial charge < -0.3 is 15.2 Å². The minimum atomic E-state index is 0.0360. The summed E-state index contributed by atoms with van der Waals surface area (Å²) in [5, 5.41) is 0. The lowest BCUT2D eigenvalue weighted by molar-refractivity contribution is -0.109. The van der Waals surface area contributed by atoms with Gasteiger partial charge in [-0.15, -0.1) is 0 Å². The van der Waals surface area contributed by atoms with E-state index in [1.165, 1.54) is 44.9 Å². The fourth-order valence-corrected chi connectivity index (χ4v) is 3.04. The summed E-state index contributed by atoms with van der Waals surface area (Å²) in [6, 6.07) is 0.0360. The average Bonchev–Trinajstić information content (AvgIpc) is 2.40. The summed E-state index contributed by atoms with van der Waals surface area (Å²) in [7, 11) is 1.76. The van der Waals surface area contributed by atoms with Crippen molar-refractivity contribution in [2.45, 2.75) is 83.5 Å². The molecule has 0 saturated carbocycles. The van der Waals surface area contributed by atoms with Gasteiger partial charge in [0.2, 0.25) is 0 Å². The Hall–Kier alpha value is -0.120. The van der Waals surface area contributed by atoms with Crippen LogP contribution in [0.4, 0.5) is 0 Å². The molecule has 0 aromatic carbocycles. The third-order valence-electron chi connectivity index (χ3n) is 4.31. The molecule has 3 heteroatoms. The Bertz CT molecular complexity index is 223. The molecule has 1 heterocycles. The molecule has 114 valence electrons. The first-order valence-electron chi connectivity index (χ1n) is 8.10. The molecular formula is C16H33NO2. The van der Waals surface area contributed by atoms with E-state index in [-0.39, 0.29) is 18.2 Å². The molecule has 0 aromatic heterocycles. The van der Waals surface area contributed by atoms with Gasteiger partial charge >= 0.3 is 0 Å². The van der Waals surface area contributed by atoms with Crippen LogP contribution in [-0.4, -0.2) is 32.0 Å². The maximum Gasteiger partial charge on any atom is 0.0794 e. The molecular weight excluding hydrogens is 238 g/mol. The van der Waals surface area contributed by atoms with Crippen molar-refractivity contribution in [1.82, 2.24) is 0 Å². The highest BCUT2D eigenvalue weighted by Crippen LogP contribution is 2.24. The van der Waals surface area contributed by atoms with Crippen molar-refractivity contribution in [2.75, 3.05) is 13.7 Å². The Balaban J connectivity index is 2.12. The highest BCUT2D eigenvalue weighted by Gasteiger charge is 2.35. The standard InChI is InChI=1S/C16H33NO2/c1-4-5-6-7-8-9-10-11-14-15(17)16(18-3)13(2)12-19-14/h13-16H,4-12,17H2,1-3H3/t13-,14+,15+,16+/m1/s1. The Morgan fingerprint density at radius 1 is 1.11 bits per heavy atom. The quantitative estimate of drug-likeness (QED) is 0.653. The largest absolute Gasteiger partial charge is 0.379 e. The van der Waals surface area contributed by atoms with E-state index in [1.54, 1.807) is 7.11 Å². The number of ether oxygens (including phenoxy) is 2. The van der Waals surface area contributed by atoms with E-state index in [0.29, 0.717) is 5.92 Å². The Kier molecular flexibility index (Phi) is 8.67. The van der Waals surface area contributed by atoms with E-state index in [0.717, 1.165) is 13.0 Å². The van der Waals surface area contributed by atoms with Crippen LogP contribution in [0, 0.1) is 5.92 Å². The minimum Gasteiger partial charge on any atom is -0.379 e. The zero-order valence-electron chi connectivity index (χ0n) is 13.1. The molecule has 3 nitrogen and oxygen atoms in total. The van der Waals surface area contributed by atoms with Gasteiger partial charge in [0.15, 0.2) is 0 Å². The van der Waals surface area contributed by atoms with Crippen LogP contribution in [0.1, 0.15) is 65.2 Å². The second kappa shape index (κ2) is 9.73. The molecule has 1 aliphatic heterocycles. The van der Waals surface area contributed by atoms with Crippen LogP contribution < -0.4 is 5.73 Å². The fourth-order valence-electron chi connectivity index (χ4n) is 3.04. The van der Waals surface area contributed by atoms with E-state index >= 15 is 0 Å². The molecule has 19 heavy (non-hydrogen) atoms. The van der Waals surface area contributed by atoms with E-state index in [9.17, 15) is 0 Å². The van der Waals surface area contributed by atoms with Gasteiger partial charge in [-0.2, -0.15) is 0 Å². The third kappa shape index (κ3) is 5.80. The number of hydrogen-bond donors (Lipinski definition) is 1. The first-order chi connectivity index (χ1) is 9.20. The number of methoxy groups -OCH3 is 1. The lowest BCUT2D eigenvalue weighted by Crippen LogP contribution is -2.54. The van der Waals surface area contributed by atoms with Crippen LogP contribution in [0.3, 0.4) is 0 Å². The van der Waals surface area contributed by atoms with Gasteiger partial charge in [0.1, 0.15) is 0 Å². The fraction of sp³-hybridized carbons (Fsp3) is 1.00. The summed E-state index contributed by atoms with van der Waals surface area (Å²) in [6.07, 6.45) is 10.8. The molecule has 1 saturated heterocycles. The van der Waals surface area contributed by atoms with Crippen LogP contribution in [0.2, 0.25) is 0 Å². The second-order valence-corrected chi connectivity index (χ2v) is 6.04. The summed E-state index contributed by atoms with van der Waals surface area (Å²) in [4.78, 5) is 0. The molecule has 1 fully saturated rings. The van der Waals surface area contributed by atoms with Gasteiger partial charge in [-0.3, -0.25) is 0 Å². The first-order valence-corrected chi connectivity index (χ1v) is 8.10. The second-order valence-electron chi connectivity index (χ2n) is 6.04. The van der Waals surface area contributed by atoms with Crippen molar-refractivity contribution in [2.24, 2.45) is 11.7 Å². The lowest BCUT2D eigenvalue weighted by Gasteiger charge is -2.39.